The molecule has 0 radical (unpaired) electrons. The Balaban J connectivity index is 2.07. The van der Waals surface area contributed by atoms with E-state index in [1.54, 1.807) is 38.2 Å². The van der Waals surface area contributed by atoms with E-state index in [0.717, 1.165) is 4.90 Å². The Morgan fingerprint density at radius 2 is 1.81 bits per heavy atom. The Morgan fingerprint density at radius 3 is 2.30 bits per heavy atom. The van der Waals surface area contributed by atoms with Crippen LogP contribution in [0.25, 0.3) is 0 Å². The maximum Gasteiger partial charge on any atom is 0.426 e. The van der Waals surface area contributed by atoms with E-state index in [1.165, 1.54) is 4.90 Å². The first-order valence-corrected chi connectivity index (χ1v) is 8.85. The number of alkyl halides is 3. The lowest BCUT2D eigenvalue weighted by Gasteiger charge is -2.43. The van der Waals surface area contributed by atoms with Crippen LogP contribution in [0.3, 0.4) is 0 Å². The third kappa shape index (κ3) is 4.38. The summed E-state index contributed by atoms with van der Waals surface area (Å²) >= 11 is 5.82. The van der Waals surface area contributed by atoms with Crippen molar-refractivity contribution >= 4 is 23.4 Å². The van der Waals surface area contributed by atoms with E-state index in [4.69, 9.17) is 11.6 Å². The smallest absolute Gasteiger partial charge is 0.373 e. The van der Waals surface area contributed by atoms with Gasteiger partial charge in [-0.25, -0.2) is 0 Å². The molecule has 0 saturated carbocycles. The van der Waals surface area contributed by atoms with Gasteiger partial charge in [0.1, 0.15) is 0 Å². The van der Waals surface area contributed by atoms with Gasteiger partial charge in [0.15, 0.2) is 0 Å². The number of carbonyl (C=O) groups is 2. The summed E-state index contributed by atoms with van der Waals surface area (Å²) in [5.41, 5.74) is -2.97. The summed E-state index contributed by atoms with van der Waals surface area (Å²) in [5.74, 6) is -1.86. The Bertz CT molecular complexity index is 707. The van der Waals surface area contributed by atoms with Crippen LogP contribution < -0.4 is 0 Å². The number of piperidine rings is 1. The Morgan fingerprint density at radius 1 is 1.26 bits per heavy atom. The molecule has 27 heavy (non-hydrogen) atoms. The lowest BCUT2D eigenvalue weighted by molar-refractivity contribution is -0.251. The second-order valence-electron chi connectivity index (χ2n) is 7.08. The summed E-state index contributed by atoms with van der Waals surface area (Å²) in [5, 5.41) is 10.1. The van der Waals surface area contributed by atoms with Crippen LogP contribution in [-0.4, -0.2) is 64.7 Å². The van der Waals surface area contributed by atoms with Crippen LogP contribution in [0.1, 0.15) is 30.6 Å². The quantitative estimate of drug-likeness (QED) is 0.839. The first-order chi connectivity index (χ1) is 12.4. The van der Waals surface area contributed by atoms with Gasteiger partial charge in [-0.15, -0.1) is 0 Å². The molecule has 2 rings (SSSR count). The molecule has 1 fully saturated rings. The number of hydrogen-bond acceptors (Lipinski definition) is 3. The molecule has 9 heteroatoms. The fourth-order valence-electron chi connectivity index (χ4n) is 3.27. The highest BCUT2D eigenvalue weighted by Crippen LogP contribution is 2.33. The molecule has 150 valence electrons. The topological polar surface area (TPSA) is 60.9 Å². The van der Waals surface area contributed by atoms with Crippen molar-refractivity contribution in [3.63, 3.8) is 0 Å². The molecule has 0 aromatic heterocycles. The monoisotopic (exact) mass is 406 g/mol. The van der Waals surface area contributed by atoms with Gasteiger partial charge in [0.25, 0.3) is 11.8 Å². The van der Waals surface area contributed by atoms with Crippen molar-refractivity contribution in [2.24, 2.45) is 5.92 Å². The second kappa shape index (κ2) is 7.67. The van der Waals surface area contributed by atoms with Crippen LogP contribution in [-0.2, 0) is 4.79 Å². The van der Waals surface area contributed by atoms with Crippen LogP contribution >= 0.6 is 11.6 Å². The summed E-state index contributed by atoms with van der Waals surface area (Å²) in [4.78, 5) is 27.3. The minimum atomic E-state index is -5.05. The standard InChI is InChI=1S/C18H22ClF3N2O3/c1-11-10-24(16(26)17(2,27)18(20,21)22)9-8-14(11)23(3)15(25)12-4-6-13(19)7-5-12/h4-7,11,14,27H,8-10H2,1-3H3/t11-,14+,17?/m1/s1. The number of likely N-dealkylation sites (tertiary alicyclic amines) is 1. The highest BCUT2D eigenvalue weighted by Gasteiger charge is 2.57. The number of rotatable bonds is 3. The molecule has 1 saturated heterocycles. The second-order valence-corrected chi connectivity index (χ2v) is 7.51. The van der Waals surface area contributed by atoms with Crippen LogP contribution in [0.2, 0.25) is 5.02 Å². The van der Waals surface area contributed by atoms with Crippen LogP contribution in [0, 0.1) is 5.92 Å². The molecular weight excluding hydrogens is 385 g/mol. The number of halogens is 4. The predicted octanol–water partition coefficient (Wildman–Crippen LogP) is 2.96. The van der Waals surface area contributed by atoms with Gasteiger partial charge in [-0.3, -0.25) is 9.59 Å². The molecule has 3 atom stereocenters. The van der Waals surface area contributed by atoms with Crippen molar-refractivity contribution < 1.29 is 27.9 Å². The first-order valence-electron chi connectivity index (χ1n) is 8.47. The number of carbonyl (C=O) groups excluding carboxylic acids is 2. The van der Waals surface area contributed by atoms with E-state index >= 15 is 0 Å². The first kappa shape index (κ1) is 21.5. The van der Waals surface area contributed by atoms with E-state index < -0.39 is 17.7 Å². The Kier molecular flexibility index (Phi) is 6.11. The van der Waals surface area contributed by atoms with Gasteiger partial charge >= 0.3 is 6.18 Å². The fraction of sp³-hybridized carbons (Fsp3) is 0.556. The molecule has 1 N–H and O–H groups in total. The number of benzene rings is 1. The average Bonchev–Trinajstić information content (AvgIpc) is 2.59. The number of aliphatic hydroxyl groups is 1. The van der Waals surface area contributed by atoms with E-state index in [0.29, 0.717) is 23.9 Å². The van der Waals surface area contributed by atoms with Crippen molar-refractivity contribution in [3.8, 4) is 0 Å². The SMILES string of the molecule is C[C@@H]1CN(C(=O)C(C)(O)C(F)(F)F)CC[C@@H]1N(C)C(=O)c1ccc(Cl)cc1. The Labute approximate surface area is 160 Å². The zero-order valence-corrected chi connectivity index (χ0v) is 16.0. The van der Waals surface area contributed by atoms with Gasteiger partial charge in [0, 0.05) is 36.8 Å². The van der Waals surface area contributed by atoms with Gasteiger partial charge in [-0.05, 0) is 43.5 Å². The summed E-state index contributed by atoms with van der Waals surface area (Å²) < 4.78 is 38.7. The molecular formula is C18H22ClF3N2O3. The predicted molar refractivity (Wildman–Crippen MR) is 94.4 cm³/mol. The zero-order valence-electron chi connectivity index (χ0n) is 15.3. The largest absolute Gasteiger partial charge is 0.426 e. The molecule has 1 aromatic rings. The molecule has 0 bridgehead atoms. The normalized spacial score (nSPS) is 22.9. The fourth-order valence-corrected chi connectivity index (χ4v) is 3.39. The Hall–Kier alpha value is -1.80. The van der Waals surface area contributed by atoms with E-state index in [9.17, 15) is 27.9 Å². The van der Waals surface area contributed by atoms with Crippen molar-refractivity contribution in [2.45, 2.75) is 38.1 Å². The third-order valence-electron chi connectivity index (χ3n) is 5.02. The third-order valence-corrected chi connectivity index (χ3v) is 5.28. The molecule has 0 aliphatic carbocycles. The maximum absolute atomic E-state index is 12.9. The number of nitrogens with zero attached hydrogens (tertiary/aromatic N) is 2. The molecule has 1 heterocycles. The summed E-state index contributed by atoms with van der Waals surface area (Å²) in [6.45, 7) is 2.27. The van der Waals surface area contributed by atoms with E-state index in [2.05, 4.69) is 0 Å². The molecule has 1 aromatic carbocycles. The van der Waals surface area contributed by atoms with E-state index in [1.807, 2.05) is 0 Å². The number of amides is 2. The highest BCUT2D eigenvalue weighted by atomic mass is 35.5. The van der Waals surface area contributed by atoms with Crippen molar-refractivity contribution in [1.82, 2.24) is 9.80 Å². The zero-order chi connectivity index (χ0) is 20.6. The molecule has 1 unspecified atom stereocenters. The van der Waals surface area contributed by atoms with Crippen molar-refractivity contribution in [1.29, 1.82) is 0 Å². The summed E-state index contributed by atoms with van der Waals surface area (Å²) in [6.07, 6.45) is -4.73. The van der Waals surface area contributed by atoms with Gasteiger partial charge in [-0.1, -0.05) is 18.5 Å². The average molecular weight is 407 g/mol. The van der Waals surface area contributed by atoms with Crippen LogP contribution in [0.5, 0.6) is 0 Å². The highest BCUT2D eigenvalue weighted by molar-refractivity contribution is 6.30. The van der Waals surface area contributed by atoms with Crippen molar-refractivity contribution in [3.05, 3.63) is 34.9 Å². The minimum absolute atomic E-state index is 0.0218. The molecule has 1 aliphatic heterocycles. The summed E-state index contributed by atoms with van der Waals surface area (Å²) in [6, 6.07) is 6.17. The van der Waals surface area contributed by atoms with Gasteiger partial charge < -0.3 is 14.9 Å². The van der Waals surface area contributed by atoms with Crippen LogP contribution in [0.4, 0.5) is 13.2 Å². The van der Waals surface area contributed by atoms with Gasteiger partial charge in [-0.2, -0.15) is 13.2 Å². The van der Waals surface area contributed by atoms with Crippen LogP contribution in [0.15, 0.2) is 24.3 Å². The minimum Gasteiger partial charge on any atom is -0.373 e. The molecule has 1 aliphatic rings. The van der Waals surface area contributed by atoms with Gasteiger partial charge in [0.2, 0.25) is 5.60 Å². The summed E-state index contributed by atoms with van der Waals surface area (Å²) in [7, 11) is 1.63. The van der Waals surface area contributed by atoms with Gasteiger partial charge in [0.05, 0.1) is 0 Å². The molecule has 2 amide bonds. The molecule has 0 spiro atoms. The number of hydrogen-bond donors (Lipinski definition) is 1. The lowest BCUT2D eigenvalue weighted by Crippen LogP contribution is -2.60. The van der Waals surface area contributed by atoms with E-state index in [-0.39, 0.29) is 31.0 Å². The maximum atomic E-state index is 12.9. The lowest BCUT2D eigenvalue weighted by atomic mass is 9.90. The van der Waals surface area contributed by atoms with Crippen molar-refractivity contribution in [2.75, 3.05) is 20.1 Å². The molecule has 5 nitrogen and oxygen atoms in total.